The van der Waals surface area contributed by atoms with Crippen LogP contribution < -0.4 is 10.6 Å². The van der Waals surface area contributed by atoms with Crippen LogP contribution in [-0.4, -0.2) is 55.2 Å². The minimum absolute atomic E-state index is 0.0541. The van der Waals surface area contributed by atoms with E-state index in [4.69, 9.17) is 23.2 Å². The zero-order valence-electron chi connectivity index (χ0n) is 15.0. The standard InChI is InChI=1S/C17H28Cl2N4O/c1-6-20-16(22-11-17(2,3)23(4)5)21-10-15(24)12-7-13(18)9-14(19)8-12/h7-9,15,24H,6,10-11H2,1-5H3,(H2,20,21,22). The summed E-state index contributed by atoms with van der Waals surface area (Å²) in [5.74, 6) is 0.666. The summed E-state index contributed by atoms with van der Waals surface area (Å²) in [6, 6.07) is 5.06. The molecule has 0 bridgehead atoms. The fraction of sp³-hybridized carbons (Fsp3) is 0.588. The molecule has 0 aliphatic rings. The first kappa shape index (κ1) is 21.0. The zero-order chi connectivity index (χ0) is 18.3. The van der Waals surface area contributed by atoms with Crippen molar-refractivity contribution in [1.82, 2.24) is 15.5 Å². The van der Waals surface area contributed by atoms with Crippen LogP contribution in [0.1, 0.15) is 32.4 Å². The minimum Gasteiger partial charge on any atom is -0.387 e. The van der Waals surface area contributed by atoms with Crippen LogP contribution in [0.3, 0.4) is 0 Å². The first-order valence-electron chi connectivity index (χ1n) is 7.99. The maximum absolute atomic E-state index is 10.3. The van der Waals surface area contributed by atoms with Crippen molar-refractivity contribution < 1.29 is 5.11 Å². The molecule has 0 fully saturated rings. The largest absolute Gasteiger partial charge is 0.387 e. The van der Waals surface area contributed by atoms with E-state index in [2.05, 4.69) is 34.4 Å². The molecule has 1 unspecified atom stereocenters. The predicted molar refractivity (Wildman–Crippen MR) is 103 cm³/mol. The molecule has 0 spiro atoms. The maximum atomic E-state index is 10.3. The van der Waals surface area contributed by atoms with Crippen molar-refractivity contribution in [2.24, 2.45) is 4.99 Å². The number of aliphatic hydroxyl groups excluding tert-OH is 1. The van der Waals surface area contributed by atoms with Gasteiger partial charge in [0, 0.05) is 28.7 Å². The Labute approximate surface area is 155 Å². The number of hydrogen-bond donors (Lipinski definition) is 3. The Balaban J connectivity index is 2.71. The Morgan fingerprint density at radius 3 is 2.29 bits per heavy atom. The number of aliphatic imine (C=N–C) groups is 1. The molecule has 0 aliphatic heterocycles. The molecule has 0 saturated heterocycles. The maximum Gasteiger partial charge on any atom is 0.191 e. The van der Waals surface area contributed by atoms with Crippen molar-refractivity contribution in [3.05, 3.63) is 33.8 Å². The fourth-order valence-corrected chi connectivity index (χ4v) is 2.38. The number of halogens is 2. The summed E-state index contributed by atoms with van der Waals surface area (Å²) in [6.45, 7) is 7.94. The highest BCUT2D eigenvalue weighted by atomic mass is 35.5. The van der Waals surface area contributed by atoms with E-state index in [-0.39, 0.29) is 5.54 Å². The van der Waals surface area contributed by atoms with E-state index in [9.17, 15) is 5.11 Å². The summed E-state index contributed by atoms with van der Waals surface area (Å²) in [7, 11) is 4.06. The molecule has 7 heteroatoms. The SMILES string of the molecule is CCNC(=NCC(C)(C)N(C)C)NCC(O)c1cc(Cl)cc(Cl)c1. The average molecular weight is 375 g/mol. The highest BCUT2D eigenvalue weighted by Gasteiger charge is 2.20. The van der Waals surface area contributed by atoms with E-state index in [0.717, 1.165) is 6.54 Å². The molecule has 1 aromatic rings. The predicted octanol–water partition coefficient (Wildman–Crippen LogP) is 2.92. The van der Waals surface area contributed by atoms with Crippen molar-refractivity contribution >= 4 is 29.2 Å². The lowest BCUT2D eigenvalue weighted by Crippen LogP contribution is -2.44. The summed E-state index contributed by atoms with van der Waals surface area (Å²) >= 11 is 12.0. The Morgan fingerprint density at radius 2 is 1.79 bits per heavy atom. The third kappa shape index (κ3) is 6.85. The molecule has 0 amide bonds. The number of likely N-dealkylation sites (N-methyl/N-ethyl adjacent to an activating group) is 1. The summed E-state index contributed by atoms with van der Waals surface area (Å²) < 4.78 is 0. The van der Waals surface area contributed by atoms with Gasteiger partial charge in [0.25, 0.3) is 0 Å². The molecule has 0 radical (unpaired) electrons. The van der Waals surface area contributed by atoms with Crippen LogP contribution in [0.25, 0.3) is 0 Å². The second-order valence-corrected chi connectivity index (χ2v) is 7.37. The van der Waals surface area contributed by atoms with Gasteiger partial charge in [-0.2, -0.15) is 0 Å². The summed E-state index contributed by atoms with van der Waals surface area (Å²) in [6.07, 6.45) is -0.730. The third-order valence-corrected chi connectivity index (χ3v) is 4.35. The quantitative estimate of drug-likeness (QED) is 0.507. The van der Waals surface area contributed by atoms with Gasteiger partial charge in [0.15, 0.2) is 5.96 Å². The highest BCUT2D eigenvalue weighted by molar-refractivity contribution is 6.34. The second kappa shape index (κ2) is 9.47. The van der Waals surface area contributed by atoms with Crippen LogP contribution in [0.5, 0.6) is 0 Å². The number of rotatable bonds is 7. The molecule has 1 rings (SSSR count). The first-order chi connectivity index (χ1) is 11.2. The van der Waals surface area contributed by atoms with Crippen molar-refractivity contribution in [1.29, 1.82) is 0 Å². The van der Waals surface area contributed by atoms with Gasteiger partial charge in [0.05, 0.1) is 12.6 Å². The lowest BCUT2D eigenvalue weighted by molar-refractivity contribution is 0.180. The monoisotopic (exact) mass is 374 g/mol. The number of nitrogens with one attached hydrogen (secondary N) is 2. The zero-order valence-corrected chi connectivity index (χ0v) is 16.5. The van der Waals surface area contributed by atoms with Gasteiger partial charge in [-0.3, -0.25) is 4.99 Å². The molecule has 3 N–H and O–H groups in total. The topological polar surface area (TPSA) is 59.9 Å². The van der Waals surface area contributed by atoms with Gasteiger partial charge in [-0.1, -0.05) is 23.2 Å². The molecule has 1 atom stereocenters. The Bertz CT molecular complexity index is 541. The molecule has 1 aromatic carbocycles. The highest BCUT2D eigenvalue weighted by Crippen LogP contribution is 2.23. The van der Waals surface area contributed by atoms with Crippen LogP contribution in [0.4, 0.5) is 0 Å². The van der Waals surface area contributed by atoms with E-state index in [1.54, 1.807) is 18.2 Å². The van der Waals surface area contributed by atoms with E-state index in [1.165, 1.54) is 0 Å². The van der Waals surface area contributed by atoms with Crippen LogP contribution in [0, 0.1) is 0 Å². The lowest BCUT2D eigenvalue weighted by Gasteiger charge is -2.31. The Morgan fingerprint density at radius 1 is 1.21 bits per heavy atom. The van der Waals surface area contributed by atoms with Gasteiger partial charge in [-0.25, -0.2) is 0 Å². The Kier molecular flexibility index (Phi) is 8.30. The van der Waals surface area contributed by atoms with Gasteiger partial charge in [-0.05, 0) is 58.6 Å². The van der Waals surface area contributed by atoms with E-state index in [0.29, 0.717) is 34.7 Å². The molecule has 5 nitrogen and oxygen atoms in total. The number of aliphatic hydroxyl groups is 1. The minimum atomic E-state index is -0.730. The van der Waals surface area contributed by atoms with Crippen LogP contribution in [0.15, 0.2) is 23.2 Å². The van der Waals surface area contributed by atoms with E-state index < -0.39 is 6.10 Å². The van der Waals surface area contributed by atoms with Crippen molar-refractivity contribution in [3.63, 3.8) is 0 Å². The van der Waals surface area contributed by atoms with Crippen molar-refractivity contribution in [2.75, 3.05) is 33.7 Å². The molecule has 136 valence electrons. The molecular weight excluding hydrogens is 347 g/mol. The normalized spacial score (nSPS) is 14.0. The summed E-state index contributed by atoms with van der Waals surface area (Å²) in [5, 5.41) is 17.7. The first-order valence-corrected chi connectivity index (χ1v) is 8.75. The third-order valence-electron chi connectivity index (χ3n) is 3.91. The average Bonchev–Trinajstić information content (AvgIpc) is 2.48. The van der Waals surface area contributed by atoms with Gasteiger partial charge in [-0.15, -0.1) is 0 Å². The number of hydrogen-bond acceptors (Lipinski definition) is 3. The van der Waals surface area contributed by atoms with Crippen LogP contribution in [-0.2, 0) is 0 Å². The van der Waals surface area contributed by atoms with Gasteiger partial charge >= 0.3 is 0 Å². The number of benzene rings is 1. The molecule has 0 heterocycles. The van der Waals surface area contributed by atoms with E-state index >= 15 is 0 Å². The summed E-state index contributed by atoms with van der Waals surface area (Å²) in [5.41, 5.74) is 0.617. The van der Waals surface area contributed by atoms with Crippen molar-refractivity contribution in [3.8, 4) is 0 Å². The van der Waals surface area contributed by atoms with Crippen LogP contribution >= 0.6 is 23.2 Å². The number of nitrogens with zero attached hydrogens (tertiary/aromatic N) is 2. The molecule has 0 aromatic heterocycles. The Hall–Kier alpha value is -1.01. The van der Waals surface area contributed by atoms with Crippen LogP contribution in [0.2, 0.25) is 10.0 Å². The molecule has 0 aliphatic carbocycles. The molecule has 0 saturated carbocycles. The van der Waals surface area contributed by atoms with Gasteiger partial charge in [0.1, 0.15) is 0 Å². The molecule has 24 heavy (non-hydrogen) atoms. The number of guanidine groups is 1. The smallest absolute Gasteiger partial charge is 0.191 e. The fourth-order valence-electron chi connectivity index (χ4n) is 1.83. The van der Waals surface area contributed by atoms with E-state index in [1.807, 2.05) is 21.0 Å². The van der Waals surface area contributed by atoms with Gasteiger partial charge < -0.3 is 20.6 Å². The lowest BCUT2D eigenvalue weighted by atomic mass is 10.1. The molecular formula is C17H28Cl2N4O. The van der Waals surface area contributed by atoms with Crippen molar-refractivity contribution in [2.45, 2.75) is 32.4 Å². The van der Waals surface area contributed by atoms with Gasteiger partial charge in [0.2, 0.25) is 0 Å². The summed E-state index contributed by atoms with van der Waals surface area (Å²) in [4.78, 5) is 6.72. The second-order valence-electron chi connectivity index (χ2n) is 6.50.